The molecule has 0 aliphatic carbocycles. The van der Waals surface area contributed by atoms with Gasteiger partial charge in [0.05, 0.1) is 5.54 Å². The molecule has 60 valence electrons. The van der Waals surface area contributed by atoms with E-state index in [1.54, 1.807) is 0 Å². The molecule has 10 heavy (non-hydrogen) atoms. The molecule has 1 rings (SSSR count). The lowest BCUT2D eigenvalue weighted by Gasteiger charge is -2.43. The summed E-state index contributed by atoms with van der Waals surface area (Å²) in [6.45, 7) is 3.98. The minimum Gasteiger partial charge on any atom is -0.632 e. The van der Waals surface area contributed by atoms with Crippen LogP contribution in [0, 0.1) is 5.21 Å². The molecule has 1 fully saturated rings. The number of nitrogens with one attached hydrogen (secondary N) is 1. The fraction of sp³-hybridized carbons (Fsp3) is 1.00. The van der Waals surface area contributed by atoms with E-state index >= 15 is 0 Å². The van der Waals surface area contributed by atoms with Crippen LogP contribution in [0.25, 0.3) is 0 Å². The van der Waals surface area contributed by atoms with Crippen molar-refractivity contribution in [1.29, 1.82) is 0 Å². The number of nitrogens with two attached hydrogens (primary N) is 1. The van der Waals surface area contributed by atoms with Gasteiger partial charge in [0.2, 0.25) is 0 Å². The molecule has 0 bridgehead atoms. The summed E-state index contributed by atoms with van der Waals surface area (Å²) in [5.74, 6) is 0. The van der Waals surface area contributed by atoms with Gasteiger partial charge in [-0.05, 0) is 13.8 Å². The third kappa shape index (κ3) is 1.46. The van der Waals surface area contributed by atoms with Gasteiger partial charge in [0.25, 0.3) is 0 Å². The quantitative estimate of drug-likeness (QED) is 0.422. The second kappa shape index (κ2) is 2.47. The van der Waals surface area contributed by atoms with E-state index < -0.39 is 0 Å². The summed E-state index contributed by atoms with van der Waals surface area (Å²) < 4.78 is 4.95. The molecule has 1 aliphatic heterocycles. The van der Waals surface area contributed by atoms with E-state index in [4.69, 9.17) is 10.5 Å². The molecule has 1 saturated heterocycles. The largest absolute Gasteiger partial charge is 0.632 e. The first kappa shape index (κ1) is 7.94. The van der Waals surface area contributed by atoms with Crippen LogP contribution in [-0.4, -0.2) is 18.5 Å². The summed E-state index contributed by atoms with van der Waals surface area (Å²) in [7, 11) is 0. The summed E-state index contributed by atoms with van der Waals surface area (Å²) in [5, 5.41) is 11.2. The number of ether oxygens (including phenoxy) is 1. The van der Waals surface area contributed by atoms with Gasteiger partial charge in [-0.2, -0.15) is 0 Å². The maximum absolute atomic E-state index is 11.1. The maximum Gasteiger partial charge on any atom is 0.183 e. The fourth-order valence-corrected chi connectivity index (χ4v) is 1.05. The van der Waals surface area contributed by atoms with Crippen LogP contribution in [0.5, 0.6) is 0 Å². The number of hydrogen-bond donors (Lipinski definition) is 2. The summed E-state index contributed by atoms with van der Waals surface area (Å²) in [6, 6.07) is 0. The fourth-order valence-electron chi connectivity index (χ4n) is 1.05. The SMILES string of the molecule is CC1(C)CC(N)OC[NH+]1[O-]. The zero-order chi connectivity index (χ0) is 7.78. The third-order valence-electron chi connectivity index (χ3n) is 1.89. The Morgan fingerprint density at radius 2 is 2.30 bits per heavy atom. The Hall–Kier alpha value is -0.160. The summed E-state index contributed by atoms with van der Waals surface area (Å²) in [6.07, 6.45) is 0.374. The average molecular weight is 146 g/mol. The second-order valence-electron chi connectivity index (χ2n) is 3.36. The van der Waals surface area contributed by atoms with E-state index in [2.05, 4.69) is 0 Å². The van der Waals surface area contributed by atoms with E-state index in [9.17, 15) is 5.21 Å². The molecule has 0 saturated carbocycles. The van der Waals surface area contributed by atoms with Crippen LogP contribution >= 0.6 is 0 Å². The lowest BCUT2D eigenvalue weighted by molar-refractivity contribution is -0.931. The van der Waals surface area contributed by atoms with Gasteiger partial charge in [-0.15, -0.1) is 0 Å². The van der Waals surface area contributed by atoms with Crippen molar-refractivity contribution in [3.63, 3.8) is 0 Å². The molecule has 2 atom stereocenters. The second-order valence-corrected chi connectivity index (χ2v) is 3.36. The predicted octanol–water partition coefficient (Wildman–Crippen LogP) is -1.19. The highest BCUT2D eigenvalue weighted by Gasteiger charge is 2.32. The average Bonchev–Trinajstić information content (AvgIpc) is 1.78. The Kier molecular flexibility index (Phi) is 1.96. The van der Waals surface area contributed by atoms with Crippen LogP contribution in [0.2, 0.25) is 0 Å². The van der Waals surface area contributed by atoms with Crippen LogP contribution in [-0.2, 0) is 4.74 Å². The van der Waals surface area contributed by atoms with E-state index in [1.807, 2.05) is 13.8 Å². The molecular weight excluding hydrogens is 132 g/mol. The molecule has 4 nitrogen and oxygen atoms in total. The van der Waals surface area contributed by atoms with Gasteiger partial charge in [0.15, 0.2) is 6.73 Å². The minimum atomic E-state index is -0.280. The summed E-state index contributed by atoms with van der Waals surface area (Å²) >= 11 is 0. The Labute approximate surface area is 60.5 Å². The van der Waals surface area contributed by atoms with Gasteiger partial charge in [-0.25, -0.2) is 0 Å². The van der Waals surface area contributed by atoms with Gasteiger partial charge in [-0.1, -0.05) is 0 Å². The zero-order valence-electron chi connectivity index (χ0n) is 6.39. The van der Waals surface area contributed by atoms with Gasteiger partial charge < -0.3 is 20.7 Å². The molecule has 0 aromatic carbocycles. The monoisotopic (exact) mass is 146 g/mol. The van der Waals surface area contributed by atoms with Crippen LogP contribution < -0.4 is 10.8 Å². The third-order valence-corrected chi connectivity index (χ3v) is 1.89. The van der Waals surface area contributed by atoms with Crippen molar-refractivity contribution in [3.8, 4) is 0 Å². The van der Waals surface area contributed by atoms with Crippen molar-refractivity contribution in [2.75, 3.05) is 6.73 Å². The highest BCUT2D eigenvalue weighted by Crippen LogP contribution is 2.09. The van der Waals surface area contributed by atoms with Crippen molar-refractivity contribution in [1.82, 2.24) is 0 Å². The van der Waals surface area contributed by atoms with Gasteiger partial charge in [0.1, 0.15) is 6.23 Å². The topological polar surface area (TPSA) is 62.8 Å². The Bertz CT molecular complexity index is 127. The first-order valence-corrected chi connectivity index (χ1v) is 3.43. The molecule has 0 aromatic heterocycles. The van der Waals surface area contributed by atoms with E-state index in [1.165, 1.54) is 0 Å². The van der Waals surface area contributed by atoms with Crippen LogP contribution in [0.3, 0.4) is 0 Å². The Balaban J connectivity index is 2.55. The predicted molar refractivity (Wildman–Crippen MR) is 37.0 cm³/mol. The highest BCUT2D eigenvalue weighted by molar-refractivity contribution is 4.71. The first-order valence-electron chi connectivity index (χ1n) is 3.43. The Morgan fingerprint density at radius 3 is 2.70 bits per heavy atom. The molecule has 1 aliphatic rings. The smallest absolute Gasteiger partial charge is 0.183 e. The minimum absolute atomic E-state index is 0.147. The van der Waals surface area contributed by atoms with E-state index in [-0.39, 0.29) is 23.6 Å². The molecular formula is C6H14N2O2. The van der Waals surface area contributed by atoms with Gasteiger partial charge in [0, 0.05) is 6.42 Å². The van der Waals surface area contributed by atoms with Gasteiger partial charge in [-0.3, -0.25) is 0 Å². The van der Waals surface area contributed by atoms with Crippen molar-refractivity contribution in [3.05, 3.63) is 5.21 Å². The van der Waals surface area contributed by atoms with E-state index in [0.29, 0.717) is 6.42 Å². The van der Waals surface area contributed by atoms with Crippen molar-refractivity contribution < 1.29 is 9.80 Å². The molecule has 0 aromatic rings. The van der Waals surface area contributed by atoms with Gasteiger partial charge >= 0.3 is 0 Å². The molecule has 0 radical (unpaired) electrons. The van der Waals surface area contributed by atoms with Crippen molar-refractivity contribution in [2.45, 2.75) is 32.0 Å². The standard InChI is InChI=1S/C6H14N2O2/c1-6(2)3-5(7)10-4-8(6)9/h5,8H,3-4,7H2,1-2H3. The number of rotatable bonds is 0. The summed E-state index contributed by atoms with van der Waals surface area (Å²) in [5.41, 5.74) is 5.22. The van der Waals surface area contributed by atoms with Crippen LogP contribution in [0.4, 0.5) is 0 Å². The van der Waals surface area contributed by atoms with Crippen LogP contribution in [0.15, 0.2) is 0 Å². The Morgan fingerprint density at radius 1 is 1.70 bits per heavy atom. The lowest BCUT2D eigenvalue weighted by atomic mass is 9.99. The first-order chi connectivity index (χ1) is 4.52. The number of hydroxylamine groups is 2. The molecule has 0 spiro atoms. The molecule has 4 heteroatoms. The van der Waals surface area contributed by atoms with E-state index in [0.717, 1.165) is 0 Å². The normalized spacial score (nSPS) is 39.6. The highest BCUT2D eigenvalue weighted by atomic mass is 16.6. The summed E-state index contributed by atoms with van der Waals surface area (Å²) in [4.78, 5) is 0. The van der Waals surface area contributed by atoms with Crippen LogP contribution in [0.1, 0.15) is 20.3 Å². The van der Waals surface area contributed by atoms with Crippen molar-refractivity contribution in [2.24, 2.45) is 5.73 Å². The molecule has 3 N–H and O–H groups in total. The lowest BCUT2D eigenvalue weighted by Crippen LogP contribution is -3.17. The number of quaternary nitrogens is 1. The molecule has 1 heterocycles. The molecule has 0 amide bonds. The zero-order valence-corrected chi connectivity index (χ0v) is 6.39. The number of hydrogen-bond acceptors (Lipinski definition) is 3. The van der Waals surface area contributed by atoms with Crippen molar-refractivity contribution >= 4 is 0 Å². The molecule has 2 unspecified atom stereocenters. The maximum atomic E-state index is 11.1.